The second-order valence-electron chi connectivity index (χ2n) is 5.31. The zero-order valence-electron chi connectivity index (χ0n) is 12.6. The van der Waals surface area contributed by atoms with Crippen LogP contribution in [0.3, 0.4) is 0 Å². The van der Waals surface area contributed by atoms with E-state index in [-0.39, 0.29) is 23.2 Å². The van der Waals surface area contributed by atoms with E-state index in [1.54, 1.807) is 30.5 Å². The largest absolute Gasteiger partial charge is 0.334 e. The number of pyridine rings is 1. The zero-order valence-corrected chi connectivity index (χ0v) is 12.6. The summed E-state index contributed by atoms with van der Waals surface area (Å²) >= 11 is 0. The van der Waals surface area contributed by atoms with Crippen LogP contribution in [0.25, 0.3) is 17.1 Å². The van der Waals surface area contributed by atoms with Crippen LogP contribution in [0.5, 0.6) is 0 Å². The van der Waals surface area contributed by atoms with Crippen LogP contribution >= 0.6 is 0 Å². The summed E-state index contributed by atoms with van der Waals surface area (Å²) in [7, 11) is 0. The maximum absolute atomic E-state index is 13.7. The second-order valence-corrected chi connectivity index (χ2v) is 5.31. The van der Waals surface area contributed by atoms with E-state index in [1.807, 2.05) is 0 Å². The summed E-state index contributed by atoms with van der Waals surface area (Å²) in [5.74, 6) is 0.167. The highest BCUT2D eigenvalue weighted by Gasteiger charge is 2.28. The van der Waals surface area contributed by atoms with Crippen LogP contribution < -0.4 is 0 Å². The molecule has 2 aromatic rings. The number of halogens is 3. The van der Waals surface area contributed by atoms with Crippen LogP contribution in [-0.4, -0.2) is 27.7 Å². The number of rotatable bonds is 5. The van der Waals surface area contributed by atoms with E-state index < -0.39 is 12.6 Å². The average molecular weight is 333 g/mol. The number of aromatic nitrogens is 3. The minimum Gasteiger partial charge on any atom is -0.334 e. The standard InChI is InChI=1S/C17H14F3N3O/c1-2-10-7-11(14(18)15(19)20)9-12(8-10)17-22-16(23-24-17)13-5-3-4-6-21-13/h2-7,9-10,14-15H,1,8H2. The number of hydrogen-bond acceptors (Lipinski definition) is 4. The van der Waals surface area contributed by atoms with Gasteiger partial charge in [-0.15, -0.1) is 6.58 Å². The van der Waals surface area contributed by atoms with Gasteiger partial charge in [-0.05, 0) is 36.1 Å². The molecule has 0 amide bonds. The van der Waals surface area contributed by atoms with Crippen molar-refractivity contribution in [1.29, 1.82) is 0 Å². The Kier molecular flexibility index (Phi) is 4.59. The van der Waals surface area contributed by atoms with E-state index in [2.05, 4.69) is 21.7 Å². The minimum absolute atomic E-state index is 0.103. The Bertz CT molecular complexity index is 783. The summed E-state index contributed by atoms with van der Waals surface area (Å²) in [5, 5.41) is 3.84. The van der Waals surface area contributed by atoms with Gasteiger partial charge in [-0.25, -0.2) is 13.2 Å². The second kappa shape index (κ2) is 6.82. The molecule has 7 heteroatoms. The molecule has 2 unspecified atom stereocenters. The van der Waals surface area contributed by atoms with Gasteiger partial charge in [-0.2, -0.15) is 4.98 Å². The Balaban J connectivity index is 1.92. The zero-order chi connectivity index (χ0) is 17.1. The SMILES string of the molecule is C=CC1C=C(C(F)C(F)F)C=C(c2nc(-c3ccccn3)no2)C1. The van der Waals surface area contributed by atoms with Crippen molar-refractivity contribution in [2.24, 2.45) is 5.92 Å². The molecule has 4 nitrogen and oxygen atoms in total. The van der Waals surface area contributed by atoms with Gasteiger partial charge in [-0.3, -0.25) is 4.98 Å². The maximum Gasteiger partial charge on any atom is 0.273 e. The van der Waals surface area contributed by atoms with Crippen molar-refractivity contribution in [3.8, 4) is 11.5 Å². The molecule has 0 saturated heterocycles. The highest BCUT2D eigenvalue weighted by atomic mass is 19.3. The molecule has 0 bridgehead atoms. The summed E-state index contributed by atoms with van der Waals surface area (Å²) < 4.78 is 44.2. The molecule has 1 aliphatic carbocycles. The predicted molar refractivity (Wildman–Crippen MR) is 82.8 cm³/mol. The molecule has 0 radical (unpaired) electrons. The number of alkyl halides is 3. The van der Waals surface area contributed by atoms with Crippen molar-refractivity contribution in [3.05, 3.63) is 60.7 Å². The third kappa shape index (κ3) is 3.29. The van der Waals surface area contributed by atoms with Gasteiger partial charge in [0.15, 0.2) is 6.17 Å². The molecule has 1 aliphatic rings. The summed E-state index contributed by atoms with van der Waals surface area (Å²) in [6, 6.07) is 5.25. The molecule has 2 heterocycles. The third-order valence-electron chi connectivity index (χ3n) is 3.64. The van der Waals surface area contributed by atoms with Crippen molar-refractivity contribution < 1.29 is 17.7 Å². The Morgan fingerprint density at radius 3 is 2.79 bits per heavy atom. The van der Waals surface area contributed by atoms with E-state index in [1.165, 1.54) is 12.2 Å². The van der Waals surface area contributed by atoms with Crippen LogP contribution in [-0.2, 0) is 0 Å². The first kappa shape index (κ1) is 16.2. The summed E-state index contributed by atoms with van der Waals surface area (Å²) in [6.07, 6.45) is 0.921. The molecule has 2 aromatic heterocycles. The Labute approximate surface area is 136 Å². The fourth-order valence-corrected chi connectivity index (χ4v) is 2.44. The molecule has 24 heavy (non-hydrogen) atoms. The number of hydrogen-bond donors (Lipinski definition) is 0. The van der Waals surface area contributed by atoms with Crippen LogP contribution in [0, 0.1) is 5.92 Å². The molecule has 124 valence electrons. The van der Waals surface area contributed by atoms with E-state index in [9.17, 15) is 13.2 Å². The Morgan fingerprint density at radius 1 is 1.29 bits per heavy atom. The van der Waals surface area contributed by atoms with Crippen LogP contribution in [0.15, 0.2) is 59.3 Å². The van der Waals surface area contributed by atoms with Gasteiger partial charge in [0, 0.05) is 11.8 Å². The lowest BCUT2D eigenvalue weighted by Crippen LogP contribution is -2.17. The third-order valence-corrected chi connectivity index (χ3v) is 3.64. The van der Waals surface area contributed by atoms with Crippen molar-refractivity contribution in [1.82, 2.24) is 15.1 Å². The van der Waals surface area contributed by atoms with E-state index in [0.717, 1.165) is 0 Å². The molecule has 0 fully saturated rings. The quantitative estimate of drug-likeness (QED) is 0.768. The topological polar surface area (TPSA) is 51.8 Å². The normalized spacial score (nSPS) is 18.9. The molecule has 0 aliphatic heterocycles. The maximum atomic E-state index is 13.7. The molecule has 3 rings (SSSR count). The first-order valence-corrected chi connectivity index (χ1v) is 7.31. The minimum atomic E-state index is -3.09. The average Bonchev–Trinajstić information content (AvgIpc) is 3.11. The van der Waals surface area contributed by atoms with Crippen molar-refractivity contribution in [3.63, 3.8) is 0 Å². The van der Waals surface area contributed by atoms with Gasteiger partial charge in [-0.1, -0.05) is 23.4 Å². The molecule has 2 atom stereocenters. The number of allylic oxidation sites excluding steroid dienone is 5. The lowest BCUT2D eigenvalue weighted by Gasteiger charge is -2.19. The van der Waals surface area contributed by atoms with Gasteiger partial charge in [0.05, 0.1) is 0 Å². The molecule has 0 N–H and O–H groups in total. The van der Waals surface area contributed by atoms with Crippen molar-refractivity contribution in [2.75, 3.05) is 0 Å². The summed E-state index contributed by atoms with van der Waals surface area (Å²) in [5.41, 5.74) is 0.917. The summed E-state index contributed by atoms with van der Waals surface area (Å²) in [6.45, 7) is 3.65. The van der Waals surface area contributed by atoms with Crippen molar-refractivity contribution >= 4 is 5.57 Å². The van der Waals surface area contributed by atoms with Crippen LogP contribution in [0.1, 0.15) is 12.3 Å². The van der Waals surface area contributed by atoms with E-state index in [4.69, 9.17) is 4.52 Å². The number of nitrogens with zero attached hydrogens (tertiary/aromatic N) is 3. The van der Waals surface area contributed by atoms with Gasteiger partial charge in [0.1, 0.15) is 5.69 Å². The first-order chi connectivity index (χ1) is 11.6. The molecular formula is C17H14F3N3O. The fraction of sp³-hybridized carbons (Fsp3) is 0.235. The molecule has 0 saturated carbocycles. The summed E-state index contributed by atoms with van der Waals surface area (Å²) in [4.78, 5) is 8.35. The van der Waals surface area contributed by atoms with Gasteiger partial charge >= 0.3 is 0 Å². The van der Waals surface area contributed by atoms with Gasteiger partial charge in [0.25, 0.3) is 12.3 Å². The van der Waals surface area contributed by atoms with Gasteiger partial charge < -0.3 is 4.52 Å². The molecule has 0 spiro atoms. The Morgan fingerprint density at radius 2 is 2.12 bits per heavy atom. The van der Waals surface area contributed by atoms with E-state index >= 15 is 0 Å². The highest BCUT2D eigenvalue weighted by Crippen LogP contribution is 2.33. The fourth-order valence-electron chi connectivity index (χ4n) is 2.44. The smallest absolute Gasteiger partial charge is 0.273 e. The van der Waals surface area contributed by atoms with Crippen LogP contribution in [0.2, 0.25) is 0 Å². The highest BCUT2D eigenvalue weighted by molar-refractivity contribution is 5.66. The Hall–Kier alpha value is -2.70. The van der Waals surface area contributed by atoms with E-state index in [0.29, 0.717) is 17.7 Å². The predicted octanol–water partition coefficient (Wildman–Crippen LogP) is 4.25. The first-order valence-electron chi connectivity index (χ1n) is 7.31. The van der Waals surface area contributed by atoms with Crippen LogP contribution in [0.4, 0.5) is 13.2 Å². The van der Waals surface area contributed by atoms with Crippen molar-refractivity contribution in [2.45, 2.75) is 19.0 Å². The molecular weight excluding hydrogens is 319 g/mol. The van der Waals surface area contributed by atoms with Gasteiger partial charge in [0.2, 0.25) is 5.82 Å². The lowest BCUT2D eigenvalue weighted by atomic mass is 9.88. The lowest BCUT2D eigenvalue weighted by molar-refractivity contribution is 0.0705. The molecule has 0 aromatic carbocycles. The monoisotopic (exact) mass is 333 g/mol.